The van der Waals surface area contributed by atoms with Crippen LogP contribution in [0.25, 0.3) is 0 Å². The van der Waals surface area contributed by atoms with E-state index in [-0.39, 0.29) is 25.2 Å². The third kappa shape index (κ3) is 74.5. The molecule has 0 saturated heterocycles. The third-order valence-corrected chi connectivity index (χ3v) is 16.4. The minimum atomic E-state index is -0.780. The van der Waals surface area contributed by atoms with Gasteiger partial charge in [0.2, 0.25) is 0 Å². The van der Waals surface area contributed by atoms with Crippen molar-refractivity contribution < 1.29 is 24.2 Å². The second-order valence-corrected chi connectivity index (χ2v) is 25.0. The summed E-state index contributed by atoms with van der Waals surface area (Å²) in [5.41, 5.74) is 0. The number of ether oxygens (including phenoxy) is 2. The molecule has 88 heavy (non-hydrogen) atoms. The highest BCUT2D eigenvalue weighted by molar-refractivity contribution is 5.70. The van der Waals surface area contributed by atoms with Crippen molar-refractivity contribution in [2.24, 2.45) is 0 Å². The maximum atomic E-state index is 12.4. The molecule has 0 spiro atoms. The Bertz CT molecular complexity index is 1770. The number of hydrogen-bond donors (Lipinski definition) is 1. The van der Waals surface area contributed by atoms with E-state index in [1.165, 1.54) is 231 Å². The number of unbranched alkanes of at least 4 members (excludes halogenated alkanes) is 39. The van der Waals surface area contributed by atoms with E-state index in [2.05, 4.69) is 148 Å². The van der Waals surface area contributed by atoms with E-state index in [9.17, 15) is 14.7 Å². The molecule has 0 amide bonds. The lowest BCUT2D eigenvalue weighted by molar-refractivity contribution is -0.161. The van der Waals surface area contributed by atoms with Crippen LogP contribution in [0.4, 0.5) is 0 Å². The SMILES string of the molecule is CC/C=C\C/C=C\C/C=C\C/C=C\C/C=C\C/C=C\C/C=C\C/C=C\C/C=C\CCCCCCCCCCCCCCCC(=O)OC(CO)COC(=O)CCCCCCCCCCCCCCCCCCCCCCC/C=C\C/C=C\CCCCCCC. The first-order valence-electron chi connectivity index (χ1n) is 37.7. The first-order valence-corrected chi connectivity index (χ1v) is 37.7. The van der Waals surface area contributed by atoms with Gasteiger partial charge >= 0.3 is 11.9 Å². The number of carbonyl (C=O) groups excluding carboxylic acids is 2. The second-order valence-electron chi connectivity index (χ2n) is 25.0. The molecular formula is C83H142O5. The molecule has 0 fully saturated rings. The lowest BCUT2D eigenvalue weighted by Crippen LogP contribution is -2.28. The molecule has 0 aromatic carbocycles. The number of aliphatic hydroxyl groups is 1. The van der Waals surface area contributed by atoms with Gasteiger partial charge in [0.25, 0.3) is 0 Å². The Balaban J connectivity index is 3.48. The second kappa shape index (κ2) is 77.3. The normalized spacial score (nSPS) is 13.0. The van der Waals surface area contributed by atoms with E-state index in [0.717, 1.165) is 103 Å². The van der Waals surface area contributed by atoms with Gasteiger partial charge in [-0.1, -0.05) is 366 Å². The number of esters is 2. The Hall–Kier alpha value is -3.96. The van der Waals surface area contributed by atoms with Crippen LogP contribution in [0.15, 0.2) is 134 Å². The highest BCUT2D eigenvalue weighted by atomic mass is 16.6. The van der Waals surface area contributed by atoms with Crippen LogP contribution in [0.5, 0.6) is 0 Å². The molecule has 1 N–H and O–H groups in total. The molecule has 0 aliphatic heterocycles. The third-order valence-electron chi connectivity index (χ3n) is 16.4. The van der Waals surface area contributed by atoms with Gasteiger partial charge in [0.15, 0.2) is 6.10 Å². The van der Waals surface area contributed by atoms with Crippen LogP contribution in [-0.2, 0) is 19.1 Å². The highest BCUT2D eigenvalue weighted by Crippen LogP contribution is 2.18. The molecule has 504 valence electrons. The fourth-order valence-electron chi connectivity index (χ4n) is 10.8. The van der Waals surface area contributed by atoms with E-state index < -0.39 is 6.10 Å². The van der Waals surface area contributed by atoms with Crippen molar-refractivity contribution in [1.82, 2.24) is 0 Å². The molecule has 1 atom stereocenters. The van der Waals surface area contributed by atoms with Crippen molar-refractivity contribution in [2.45, 2.75) is 367 Å². The predicted octanol–water partition coefficient (Wildman–Crippen LogP) is 26.7. The van der Waals surface area contributed by atoms with Crippen LogP contribution in [0.1, 0.15) is 361 Å². The zero-order chi connectivity index (χ0) is 63.3. The van der Waals surface area contributed by atoms with Gasteiger partial charge in [-0.3, -0.25) is 9.59 Å². The molecule has 5 heteroatoms. The van der Waals surface area contributed by atoms with E-state index in [1.54, 1.807) is 0 Å². The van der Waals surface area contributed by atoms with Crippen LogP contribution in [-0.4, -0.2) is 36.4 Å². The van der Waals surface area contributed by atoms with Crippen molar-refractivity contribution in [1.29, 1.82) is 0 Å². The number of allylic oxidation sites excluding steroid dienone is 22. The lowest BCUT2D eigenvalue weighted by atomic mass is 10.0. The Morgan fingerprint density at radius 3 is 0.739 bits per heavy atom. The van der Waals surface area contributed by atoms with Gasteiger partial charge in [-0.2, -0.15) is 0 Å². The first-order chi connectivity index (χ1) is 43.6. The van der Waals surface area contributed by atoms with Crippen LogP contribution in [0, 0.1) is 0 Å². The maximum absolute atomic E-state index is 12.4. The van der Waals surface area contributed by atoms with Crippen LogP contribution in [0.2, 0.25) is 0 Å². The summed E-state index contributed by atoms with van der Waals surface area (Å²) in [5, 5.41) is 9.72. The molecule has 1 unspecified atom stereocenters. The van der Waals surface area contributed by atoms with Gasteiger partial charge in [-0.25, -0.2) is 0 Å². The van der Waals surface area contributed by atoms with Gasteiger partial charge in [0, 0.05) is 12.8 Å². The molecule has 0 rings (SSSR count). The Labute approximate surface area is 546 Å². The van der Waals surface area contributed by atoms with Crippen molar-refractivity contribution in [3.05, 3.63) is 134 Å². The fraction of sp³-hybridized carbons (Fsp3) is 0.711. The minimum absolute atomic E-state index is 0.0677. The zero-order valence-corrected chi connectivity index (χ0v) is 58.0. The quantitative estimate of drug-likeness (QED) is 0.0373. The summed E-state index contributed by atoms with van der Waals surface area (Å²) in [5.74, 6) is -0.582. The van der Waals surface area contributed by atoms with E-state index in [0.29, 0.717) is 12.8 Å². The number of carbonyl (C=O) groups is 2. The molecular weight excluding hydrogens is 1080 g/mol. The summed E-state index contributed by atoms with van der Waals surface area (Å²) in [6.45, 7) is 4.05. The molecule has 0 saturated carbocycles. The Morgan fingerprint density at radius 2 is 0.489 bits per heavy atom. The average Bonchev–Trinajstić information content (AvgIpc) is 3.56. The lowest BCUT2D eigenvalue weighted by Gasteiger charge is -2.15. The molecule has 0 aliphatic rings. The molecule has 0 bridgehead atoms. The smallest absolute Gasteiger partial charge is 0.306 e. The summed E-state index contributed by atoms with van der Waals surface area (Å²) in [4.78, 5) is 24.7. The van der Waals surface area contributed by atoms with Gasteiger partial charge < -0.3 is 14.6 Å². The Morgan fingerprint density at radius 1 is 0.273 bits per heavy atom. The van der Waals surface area contributed by atoms with Crippen LogP contribution in [0.3, 0.4) is 0 Å². The van der Waals surface area contributed by atoms with Crippen molar-refractivity contribution in [3.8, 4) is 0 Å². The minimum Gasteiger partial charge on any atom is -0.462 e. The number of rotatable bonds is 69. The molecule has 0 aliphatic carbocycles. The fourth-order valence-corrected chi connectivity index (χ4v) is 10.8. The summed E-state index contributed by atoms with van der Waals surface area (Å²) in [6.07, 6.45) is 115. The van der Waals surface area contributed by atoms with Crippen molar-refractivity contribution >= 4 is 11.9 Å². The van der Waals surface area contributed by atoms with E-state index in [4.69, 9.17) is 9.47 Å². The van der Waals surface area contributed by atoms with E-state index in [1.807, 2.05) is 0 Å². The zero-order valence-electron chi connectivity index (χ0n) is 58.0. The predicted molar refractivity (Wildman–Crippen MR) is 389 cm³/mol. The summed E-state index contributed by atoms with van der Waals surface area (Å²) in [7, 11) is 0. The number of aliphatic hydroxyl groups excluding tert-OH is 1. The monoisotopic (exact) mass is 1220 g/mol. The highest BCUT2D eigenvalue weighted by Gasteiger charge is 2.16. The van der Waals surface area contributed by atoms with Gasteiger partial charge in [0.05, 0.1) is 6.61 Å². The number of hydrogen-bond acceptors (Lipinski definition) is 5. The van der Waals surface area contributed by atoms with Crippen LogP contribution < -0.4 is 0 Å². The molecule has 0 radical (unpaired) electrons. The van der Waals surface area contributed by atoms with Crippen LogP contribution >= 0.6 is 0 Å². The summed E-state index contributed by atoms with van der Waals surface area (Å²) in [6, 6.07) is 0. The average molecular weight is 1220 g/mol. The van der Waals surface area contributed by atoms with Gasteiger partial charge in [-0.05, 0) is 116 Å². The molecule has 0 heterocycles. The molecule has 5 nitrogen and oxygen atoms in total. The van der Waals surface area contributed by atoms with Gasteiger partial charge in [0.1, 0.15) is 6.61 Å². The topological polar surface area (TPSA) is 72.8 Å². The van der Waals surface area contributed by atoms with Crippen molar-refractivity contribution in [2.75, 3.05) is 13.2 Å². The first kappa shape index (κ1) is 84.0. The standard InChI is InChI=1S/C83H142O5/c1-3-5-7-9-11-13-15-17-19-21-23-25-27-29-31-33-35-37-38-39-40-41-42-43-44-46-48-50-52-54-56-58-60-62-64-66-68-70-72-74-76-78-83(86)88-81(79-84)80-87-82(85)77-75-73-71-69-67-65-63-61-59-57-55-53-51-49-47-45-36-34-32-30-28-26-24-22-20-18-16-14-12-10-8-6-4-2/h5,7,11,13,16-19,22-25,29,31,35,37,39-40,42-43,46,48,81,84H,3-4,6,8-10,12,14-15,20-21,26-28,30,32-34,36,38,41,44-45,47,49-80H2,1-2H3/b7-5-,13-11-,18-16-,19-17-,24-22-,25-23-,31-29-,37-35-,40-39-,43-42-,48-46-. The maximum Gasteiger partial charge on any atom is 0.306 e. The molecule has 0 aromatic rings. The summed E-state index contributed by atoms with van der Waals surface area (Å²) < 4.78 is 10.8. The Kier molecular flexibility index (Phi) is 73.8. The summed E-state index contributed by atoms with van der Waals surface area (Å²) >= 11 is 0. The van der Waals surface area contributed by atoms with E-state index >= 15 is 0 Å². The molecule has 0 aromatic heterocycles. The largest absolute Gasteiger partial charge is 0.462 e. The van der Waals surface area contributed by atoms with Crippen molar-refractivity contribution in [3.63, 3.8) is 0 Å². The van der Waals surface area contributed by atoms with Gasteiger partial charge in [-0.15, -0.1) is 0 Å².